The summed E-state index contributed by atoms with van der Waals surface area (Å²) in [4.78, 5) is 50.2. The molecular formula is C67H128N4O4. The number of ether oxygens (including phenoxy) is 1. The SMILES string of the molecule is CCCC/C=C\CCCCCCCCN(CCCOC(=O)CCCCCCCCC)CC(=O)C=C1CCCN(C(=O)CN(CCCCCCCCC)CCN(CCCCCCCCC)CCCCCCCCC)CC1. The maximum absolute atomic E-state index is 14.2. The van der Waals surface area contributed by atoms with Crippen molar-refractivity contribution in [2.75, 3.05) is 78.6 Å². The zero-order valence-corrected chi connectivity index (χ0v) is 51.0. The third kappa shape index (κ3) is 46.6. The molecule has 1 aliphatic heterocycles. The van der Waals surface area contributed by atoms with Crippen LogP contribution in [-0.4, -0.2) is 116 Å². The third-order valence-corrected chi connectivity index (χ3v) is 15.9. The van der Waals surface area contributed by atoms with E-state index in [9.17, 15) is 14.4 Å². The van der Waals surface area contributed by atoms with Crippen LogP contribution in [0.3, 0.4) is 0 Å². The van der Waals surface area contributed by atoms with Crippen LogP contribution in [0.4, 0.5) is 0 Å². The van der Waals surface area contributed by atoms with Gasteiger partial charge in [-0.1, -0.05) is 245 Å². The molecule has 8 nitrogen and oxygen atoms in total. The lowest BCUT2D eigenvalue weighted by Crippen LogP contribution is -2.44. The summed E-state index contributed by atoms with van der Waals surface area (Å²) >= 11 is 0. The second-order valence-electron chi connectivity index (χ2n) is 23.2. The molecule has 0 aromatic carbocycles. The fourth-order valence-electron chi connectivity index (χ4n) is 10.9. The first-order chi connectivity index (χ1) is 36.9. The van der Waals surface area contributed by atoms with Crippen LogP contribution in [0.5, 0.6) is 0 Å². The van der Waals surface area contributed by atoms with E-state index in [0.717, 1.165) is 84.2 Å². The van der Waals surface area contributed by atoms with Gasteiger partial charge in [0.25, 0.3) is 0 Å². The first kappa shape index (κ1) is 71.0. The average Bonchev–Trinajstić information content (AvgIpc) is 3.65. The molecule has 0 aromatic heterocycles. The first-order valence-corrected chi connectivity index (χ1v) is 33.3. The van der Waals surface area contributed by atoms with E-state index in [1.165, 1.54) is 243 Å². The van der Waals surface area contributed by atoms with Gasteiger partial charge in [-0.25, -0.2) is 0 Å². The highest BCUT2D eigenvalue weighted by Crippen LogP contribution is 2.19. The Labute approximate surface area is 467 Å². The van der Waals surface area contributed by atoms with Gasteiger partial charge in [0.15, 0.2) is 5.78 Å². The Morgan fingerprint density at radius 1 is 0.413 bits per heavy atom. The van der Waals surface area contributed by atoms with E-state index in [-0.39, 0.29) is 17.7 Å². The predicted octanol–water partition coefficient (Wildman–Crippen LogP) is 18.2. The summed E-state index contributed by atoms with van der Waals surface area (Å²) in [5, 5.41) is 0. The van der Waals surface area contributed by atoms with Crippen molar-refractivity contribution >= 4 is 17.7 Å². The molecule has 440 valence electrons. The molecule has 1 fully saturated rings. The van der Waals surface area contributed by atoms with Gasteiger partial charge in [0.2, 0.25) is 5.91 Å². The molecule has 8 heteroatoms. The first-order valence-electron chi connectivity index (χ1n) is 33.3. The minimum absolute atomic E-state index is 0.0797. The summed E-state index contributed by atoms with van der Waals surface area (Å²) < 4.78 is 5.67. The quantitative estimate of drug-likeness (QED) is 0.0260. The topological polar surface area (TPSA) is 73.4 Å². The van der Waals surface area contributed by atoms with Crippen molar-refractivity contribution in [3.63, 3.8) is 0 Å². The molecule has 0 bridgehead atoms. The molecule has 0 aliphatic carbocycles. The minimum atomic E-state index is -0.0797. The molecule has 1 saturated heterocycles. The molecule has 0 atom stereocenters. The predicted molar refractivity (Wildman–Crippen MR) is 326 cm³/mol. The standard InChI is InChI=1S/C67H128N4O4/c1-6-11-16-21-26-27-28-29-30-35-40-44-53-69(55-47-60-75-67(74)49-41-36-31-22-17-12-7-2)62-65(72)61-64-48-46-56-71(57-50-64)66(73)63-70(54-45-39-34-25-20-15-10-5)59-58-68(51-42-37-32-23-18-13-8-3)52-43-38-33-24-19-14-9-4/h21,26,61H,6-20,22-25,27-60,62-63H2,1-5H3/b26-21-,64-61?. The number of nitrogens with zero attached hydrogens (tertiary/aromatic N) is 4. The van der Waals surface area contributed by atoms with Gasteiger partial charge in [0.1, 0.15) is 0 Å². The Morgan fingerprint density at radius 3 is 1.32 bits per heavy atom. The number of hydrogen-bond acceptors (Lipinski definition) is 7. The number of carbonyl (C=O) groups is 3. The molecule has 0 spiro atoms. The van der Waals surface area contributed by atoms with E-state index in [2.05, 4.69) is 66.4 Å². The molecule has 1 heterocycles. The number of ketones is 1. The maximum atomic E-state index is 14.2. The molecular weight excluding hydrogens is 925 g/mol. The summed E-state index contributed by atoms with van der Waals surface area (Å²) in [6.07, 6.45) is 59.0. The van der Waals surface area contributed by atoms with Crippen LogP contribution in [0.2, 0.25) is 0 Å². The monoisotopic (exact) mass is 1050 g/mol. The van der Waals surface area contributed by atoms with Crippen LogP contribution in [0.1, 0.15) is 311 Å². The van der Waals surface area contributed by atoms with Gasteiger partial charge in [-0.15, -0.1) is 0 Å². The lowest BCUT2D eigenvalue weighted by Gasteiger charge is -2.29. The molecule has 0 N–H and O–H groups in total. The zero-order valence-electron chi connectivity index (χ0n) is 51.0. The Hall–Kier alpha value is -2.03. The summed E-state index contributed by atoms with van der Waals surface area (Å²) in [5.74, 6) is 0.361. The number of esters is 1. The fraction of sp³-hybridized carbons (Fsp3) is 0.896. The van der Waals surface area contributed by atoms with E-state index >= 15 is 0 Å². The number of allylic oxidation sites excluding steroid dienone is 2. The van der Waals surface area contributed by atoms with E-state index < -0.39 is 0 Å². The van der Waals surface area contributed by atoms with E-state index in [4.69, 9.17) is 4.74 Å². The van der Waals surface area contributed by atoms with Gasteiger partial charge in [-0.05, 0) is 109 Å². The molecule has 0 saturated carbocycles. The van der Waals surface area contributed by atoms with Crippen molar-refractivity contribution in [1.82, 2.24) is 19.6 Å². The van der Waals surface area contributed by atoms with Crippen molar-refractivity contribution in [2.24, 2.45) is 0 Å². The van der Waals surface area contributed by atoms with Crippen LogP contribution >= 0.6 is 0 Å². The van der Waals surface area contributed by atoms with Crippen LogP contribution in [0, 0.1) is 0 Å². The Bertz CT molecular complexity index is 1320. The summed E-state index contributed by atoms with van der Waals surface area (Å²) in [6, 6.07) is 0. The van der Waals surface area contributed by atoms with Crippen molar-refractivity contribution < 1.29 is 19.1 Å². The van der Waals surface area contributed by atoms with Crippen LogP contribution in [0.25, 0.3) is 0 Å². The Balaban J connectivity index is 2.87. The molecule has 1 aliphatic rings. The summed E-state index contributed by atoms with van der Waals surface area (Å²) in [7, 11) is 0. The molecule has 1 rings (SSSR count). The number of unbranched alkanes of at least 4 members (excludes halogenated alkanes) is 32. The fourth-order valence-corrected chi connectivity index (χ4v) is 10.9. The molecule has 0 radical (unpaired) electrons. The maximum Gasteiger partial charge on any atom is 0.305 e. The van der Waals surface area contributed by atoms with Gasteiger partial charge < -0.3 is 14.5 Å². The third-order valence-electron chi connectivity index (χ3n) is 15.9. The Kier molecular flexibility index (Phi) is 52.3. The molecule has 0 aromatic rings. The largest absolute Gasteiger partial charge is 0.466 e. The average molecular weight is 1050 g/mol. The normalized spacial score (nSPS) is 13.9. The van der Waals surface area contributed by atoms with Crippen molar-refractivity contribution in [2.45, 2.75) is 311 Å². The second-order valence-corrected chi connectivity index (χ2v) is 23.2. The van der Waals surface area contributed by atoms with Crippen LogP contribution in [-0.2, 0) is 19.1 Å². The number of hydrogen-bond donors (Lipinski definition) is 0. The number of likely N-dealkylation sites (tertiary alicyclic amines) is 1. The highest BCUT2D eigenvalue weighted by atomic mass is 16.5. The second kappa shape index (κ2) is 55.3. The van der Waals surface area contributed by atoms with Crippen LogP contribution in [0.15, 0.2) is 23.8 Å². The van der Waals surface area contributed by atoms with Gasteiger partial charge in [0.05, 0.1) is 19.7 Å². The van der Waals surface area contributed by atoms with Crippen molar-refractivity contribution in [3.05, 3.63) is 23.8 Å². The summed E-state index contributed by atoms with van der Waals surface area (Å²) in [5.41, 5.74) is 1.20. The van der Waals surface area contributed by atoms with Crippen LogP contribution < -0.4 is 0 Å². The van der Waals surface area contributed by atoms with Gasteiger partial charge in [-0.2, -0.15) is 0 Å². The van der Waals surface area contributed by atoms with E-state index in [0.29, 0.717) is 32.7 Å². The van der Waals surface area contributed by atoms with Gasteiger partial charge in [-0.3, -0.25) is 24.2 Å². The van der Waals surface area contributed by atoms with Crippen molar-refractivity contribution in [3.8, 4) is 0 Å². The number of amides is 1. The lowest BCUT2D eigenvalue weighted by molar-refractivity contribution is -0.144. The van der Waals surface area contributed by atoms with Gasteiger partial charge in [0, 0.05) is 39.1 Å². The lowest BCUT2D eigenvalue weighted by atomic mass is 10.1. The minimum Gasteiger partial charge on any atom is -0.466 e. The van der Waals surface area contributed by atoms with Gasteiger partial charge >= 0.3 is 5.97 Å². The highest BCUT2D eigenvalue weighted by Gasteiger charge is 2.22. The summed E-state index contributed by atoms with van der Waals surface area (Å²) in [6.45, 7) is 21.3. The molecule has 75 heavy (non-hydrogen) atoms. The molecule has 0 unspecified atom stereocenters. The smallest absolute Gasteiger partial charge is 0.305 e. The van der Waals surface area contributed by atoms with E-state index in [1.54, 1.807) is 0 Å². The Morgan fingerprint density at radius 2 is 0.813 bits per heavy atom. The number of carbonyl (C=O) groups excluding carboxylic acids is 3. The number of rotatable bonds is 56. The van der Waals surface area contributed by atoms with E-state index in [1.807, 2.05) is 6.08 Å². The zero-order chi connectivity index (χ0) is 54.3. The highest BCUT2D eigenvalue weighted by molar-refractivity contribution is 5.92. The molecule has 1 amide bonds. The van der Waals surface area contributed by atoms with Crippen molar-refractivity contribution in [1.29, 1.82) is 0 Å².